The Labute approximate surface area is 123 Å². The van der Waals surface area contributed by atoms with Gasteiger partial charge in [0, 0.05) is 25.4 Å². The van der Waals surface area contributed by atoms with Gasteiger partial charge in [0.2, 0.25) is 5.89 Å². The summed E-state index contributed by atoms with van der Waals surface area (Å²) in [5.74, 6) is 1.42. The second kappa shape index (κ2) is 6.36. The van der Waals surface area contributed by atoms with Gasteiger partial charge in [-0.25, -0.2) is 0 Å². The van der Waals surface area contributed by atoms with E-state index in [1.807, 2.05) is 19.2 Å². The second-order valence-electron chi connectivity index (χ2n) is 5.43. The number of aromatic nitrogens is 4. The molecular formula is C14H21N5O2. The Balaban J connectivity index is 1.61. The lowest BCUT2D eigenvalue weighted by Gasteiger charge is -2.24. The number of aryl methyl sites for hydroxylation is 1. The highest BCUT2D eigenvalue weighted by atomic mass is 16.5. The summed E-state index contributed by atoms with van der Waals surface area (Å²) in [5.41, 5.74) is 0. The van der Waals surface area contributed by atoms with Gasteiger partial charge in [0.15, 0.2) is 5.82 Å². The third kappa shape index (κ3) is 3.30. The average Bonchev–Trinajstić information content (AvgIpc) is 3.18. The van der Waals surface area contributed by atoms with E-state index in [4.69, 9.17) is 4.52 Å². The van der Waals surface area contributed by atoms with E-state index in [1.54, 1.807) is 10.9 Å². The van der Waals surface area contributed by atoms with Gasteiger partial charge in [-0.1, -0.05) is 12.1 Å². The van der Waals surface area contributed by atoms with Gasteiger partial charge in [-0.2, -0.15) is 10.1 Å². The van der Waals surface area contributed by atoms with E-state index >= 15 is 0 Å². The molecule has 3 rings (SSSR count). The lowest BCUT2D eigenvalue weighted by molar-refractivity contribution is 0.0869. The molecule has 0 spiro atoms. The third-order valence-corrected chi connectivity index (χ3v) is 3.85. The number of rotatable bonds is 6. The van der Waals surface area contributed by atoms with Crippen LogP contribution in [0.1, 0.15) is 37.5 Å². The molecule has 2 aromatic heterocycles. The van der Waals surface area contributed by atoms with E-state index in [0.717, 1.165) is 31.6 Å². The monoisotopic (exact) mass is 291 g/mol. The van der Waals surface area contributed by atoms with Crippen LogP contribution in [0.5, 0.6) is 0 Å². The number of hydrogen-bond acceptors (Lipinski definition) is 6. The molecule has 1 aliphatic heterocycles. The molecule has 0 aliphatic carbocycles. The summed E-state index contributed by atoms with van der Waals surface area (Å²) in [4.78, 5) is 6.66. The number of nitrogens with zero attached hydrogens (tertiary/aromatic N) is 5. The Kier molecular flexibility index (Phi) is 4.31. The first-order valence-corrected chi connectivity index (χ1v) is 7.48. The molecule has 0 aromatic carbocycles. The Morgan fingerprint density at radius 3 is 3.10 bits per heavy atom. The number of aliphatic hydroxyl groups is 1. The van der Waals surface area contributed by atoms with Crippen molar-refractivity contribution in [2.45, 2.75) is 44.9 Å². The lowest BCUT2D eigenvalue weighted by Crippen LogP contribution is -2.34. The van der Waals surface area contributed by atoms with Crippen molar-refractivity contribution in [3.8, 4) is 0 Å². The highest BCUT2D eigenvalue weighted by molar-refractivity contribution is 4.98. The summed E-state index contributed by atoms with van der Waals surface area (Å²) >= 11 is 0. The van der Waals surface area contributed by atoms with Crippen LogP contribution in [0.15, 0.2) is 23.0 Å². The molecule has 114 valence electrons. The van der Waals surface area contributed by atoms with Crippen LogP contribution >= 0.6 is 0 Å². The minimum atomic E-state index is -0.456. The molecule has 0 radical (unpaired) electrons. The molecule has 1 N–H and O–H groups in total. The number of aliphatic hydroxyl groups excluding tert-OH is 1. The summed E-state index contributed by atoms with van der Waals surface area (Å²) in [5, 5.41) is 18.4. The van der Waals surface area contributed by atoms with E-state index in [0.29, 0.717) is 19.0 Å². The quantitative estimate of drug-likeness (QED) is 0.856. The fourth-order valence-corrected chi connectivity index (χ4v) is 2.84. The maximum atomic E-state index is 10.2. The van der Waals surface area contributed by atoms with E-state index in [-0.39, 0.29) is 6.04 Å². The van der Waals surface area contributed by atoms with Gasteiger partial charge in [0.1, 0.15) is 0 Å². The molecule has 7 heteroatoms. The zero-order valence-electron chi connectivity index (χ0n) is 12.2. The molecule has 0 bridgehead atoms. The molecular weight excluding hydrogens is 270 g/mol. The molecule has 1 fully saturated rings. The predicted molar refractivity (Wildman–Crippen MR) is 75.5 cm³/mol. The average molecular weight is 291 g/mol. The van der Waals surface area contributed by atoms with E-state index in [1.165, 1.54) is 0 Å². The predicted octanol–water partition coefficient (Wildman–Crippen LogP) is 1.03. The molecule has 0 amide bonds. The van der Waals surface area contributed by atoms with Gasteiger partial charge < -0.3 is 9.63 Å². The van der Waals surface area contributed by atoms with Crippen LogP contribution in [0.4, 0.5) is 0 Å². The summed E-state index contributed by atoms with van der Waals surface area (Å²) < 4.78 is 6.95. The van der Waals surface area contributed by atoms with Gasteiger partial charge in [0.05, 0.1) is 18.7 Å². The first-order chi connectivity index (χ1) is 10.3. The molecule has 7 nitrogen and oxygen atoms in total. The van der Waals surface area contributed by atoms with Gasteiger partial charge in [-0.3, -0.25) is 9.58 Å². The van der Waals surface area contributed by atoms with Crippen LogP contribution in [-0.2, 0) is 13.0 Å². The Morgan fingerprint density at radius 2 is 2.38 bits per heavy atom. The molecule has 0 saturated carbocycles. The highest BCUT2D eigenvalue weighted by Crippen LogP contribution is 2.30. The topological polar surface area (TPSA) is 80.2 Å². The third-order valence-electron chi connectivity index (χ3n) is 3.85. The van der Waals surface area contributed by atoms with Crippen molar-refractivity contribution in [1.29, 1.82) is 0 Å². The van der Waals surface area contributed by atoms with Crippen molar-refractivity contribution < 1.29 is 9.63 Å². The summed E-state index contributed by atoms with van der Waals surface area (Å²) in [6.45, 7) is 4.05. The van der Waals surface area contributed by atoms with Crippen molar-refractivity contribution in [2.24, 2.45) is 0 Å². The fourth-order valence-electron chi connectivity index (χ4n) is 2.84. The van der Waals surface area contributed by atoms with Crippen molar-refractivity contribution in [1.82, 2.24) is 24.8 Å². The van der Waals surface area contributed by atoms with Gasteiger partial charge in [-0.05, 0) is 25.5 Å². The summed E-state index contributed by atoms with van der Waals surface area (Å²) in [6.07, 6.45) is 5.98. The standard InChI is InChI=1S/C14H21N5O2/c1-2-13-16-14(17-21-13)12-5-3-7-18(12)9-11(20)10-19-8-4-6-15-19/h4,6,8,11-12,20H,2-3,5,7,9-10H2,1H3/t11-,12+/m1/s1. The van der Waals surface area contributed by atoms with Crippen molar-refractivity contribution in [3.63, 3.8) is 0 Å². The zero-order chi connectivity index (χ0) is 14.7. The molecule has 1 saturated heterocycles. The van der Waals surface area contributed by atoms with E-state index < -0.39 is 6.10 Å². The lowest BCUT2D eigenvalue weighted by atomic mass is 10.2. The van der Waals surface area contributed by atoms with Crippen molar-refractivity contribution >= 4 is 0 Å². The summed E-state index contributed by atoms with van der Waals surface area (Å²) in [7, 11) is 0. The maximum Gasteiger partial charge on any atom is 0.226 e. The first-order valence-electron chi connectivity index (χ1n) is 7.48. The van der Waals surface area contributed by atoms with Crippen LogP contribution in [0.2, 0.25) is 0 Å². The van der Waals surface area contributed by atoms with E-state index in [9.17, 15) is 5.11 Å². The first kappa shape index (κ1) is 14.2. The van der Waals surface area contributed by atoms with Crippen LogP contribution in [-0.4, -0.2) is 49.1 Å². The minimum absolute atomic E-state index is 0.154. The number of β-amino-alcohol motifs (C(OH)–C–C–N with tert-alkyl or cyclic N) is 1. The normalized spacial score (nSPS) is 21.0. The summed E-state index contributed by atoms with van der Waals surface area (Å²) in [6, 6.07) is 2.01. The second-order valence-corrected chi connectivity index (χ2v) is 5.43. The Morgan fingerprint density at radius 1 is 1.48 bits per heavy atom. The van der Waals surface area contributed by atoms with Crippen molar-refractivity contribution in [2.75, 3.05) is 13.1 Å². The molecule has 2 aromatic rings. The van der Waals surface area contributed by atoms with Crippen LogP contribution in [0, 0.1) is 0 Å². The largest absolute Gasteiger partial charge is 0.390 e. The molecule has 0 unspecified atom stereocenters. The van der Waals surface area contributed by atoms with Crippen molar-refractivity contribution in [3.05, 3.63) is 30.2 Å². The molecule has 21 heavy (non-hydrogen) atoms. The van der Waals surface area contributed by atoms with E-state index in [2.05, 4.69) is 20.1 Å². The molecule has 2 atom stereocenters. The number of likely N-dealkylation sites (tertiary alicyclic amines) is 1. The van der Waals surface area contributed by atoms with Crippen LogP contribution in [0.25, 0.3) is 0 Å². The maximum absolute atomic E-state index is 10.2. The van der Waals surface area contributed by atoms with Crippen LogP contribution < -0.4 is 0 Å². The fraction of sp³-hybridized carbons (Fsp3) is 0.643. The molecule has 1 aliphatic rings. The van der Waals surface area contributed by atoms with Gasteiger partial charge in [-0.15, -0.1) is 0 Å². The Hall–Kier alpha value is -1.73. The Bertz CT molecular complexity index is 553. The highest BCUT2D eigenvalue weighted by Gasteiger charge is 2.31. The SMILES string of the molecule is CCc1nc([C@@H]2CCCN2C[C@@H](O)Cn2cccn2)no1. The van der Waals surface area contributed by atoms with Gasteiger partial charge in [0.25, 0.3) is 0 Å². The minimum Gasteiger partial charge on any atom is -0.390 e. The number of hydrogen-bond donors (Lipinski definition) is 1. The smallest absolute Gasteiger partial charge is 0.226 e. The van der Waals surface area contributed by atoms with Gasteiger partial charge >= 0.3 is 0 Å². The zero-order valence-corrected chi connectivity index (χ0v) is 12.2. The molecule has 3 heterocycles. The van der Waals surface area contributed by atoms with Crippen LogP contribution in [0.3, 0.4) is 0 Å².